The molecule has 0 atom stereocenters. The molecule has 0 unspecified atom stereocenters. The molecular formula is C36H19IO3. The van der Waals surface area contributed by atoms with Gasteiger partial charge in [0, 0.05) is 43.4 Å². The molecule has 3 nitrogen and oxygen atoms in total. The van der Waals surface area contributed by atoms with Crippen molar-refractivity contribution in [3.63, 3.8) is 0 Å². The summed E-state index contributed by atoms with van der Waals surface area (Å²) in [7, 11) is 0. The summed E-state index contributed by atoms with van der Waals surface area (Å²) in [4.78, 5) is 0. The van der Waals surface area contributed by atoms with Crippen LogP contribution in [0.3, 0.4) is 0 Å². The van der Waals surface area contributed by atoms with E-state index >= 15 is 0 Å². The van der Waals surface area contributed by atoms with Crippen LogP contribution in [-0.2, 0) is 0 Å². The monoisotopic (exact) mass is 626 g/mol. The van der Waals surface area contributed by atoms with E-state index in [0.29, 0.717) is 0 Å². The van der Waals surface area contributed by atoms with Crippen LogP contribution < -0.4 is 0 Å². The van der Waals surface area contributed by atoms with Crippen LogP contribution in [0.25, 0.3) is 88.1 Å². The van der Waals surface area contributed by atoms with E-state index < -0.39 is 0 Å². The summed E-state index contributed by atoms with van der Waals surface area (Å²) in [6.45, 7) is 0. The molecule has 4 heteroatoms. The van der Waals surface area contributed by atoms with E-state index in [-0.39, 0.29) is 0 Å². The molecule has 9 aromatic rings. The molecule has 9 rings (SSSR count). The molecule has 188 valence electrons. The van der Waals surface area contributed by atoms with Gasteiger partial charge < -0.3 is 13.3 Å². The predicted molar refractivity (Wildman–Crippen MR) is 172 cm³/mol. The van der Waals surface area contributed by atoms with Crippen molar-refractivity contribution in [2.24, 2.45) is 0 Å². The fourth-order valence-electron chi connectivity index (χ4n) is 6.25. The standard InChI is InChI=1S/C36H19IO3/c37-28-19-18-22(33-27-10-3-6-15-31(27)40-36(28)33)25-17-16-21(32-26-9-2-5-14-30(26)39-35(25)32)24-12-7-11-23-20-8-1-4-13-29(20)38-34(23)24/h1-19H. The summed E-state index contributed by atoms with van der Waals surface area (Å²) in [5, 5.41) is 6.62. The first kappa shape index (κ1) is 22.3. The smallest absolute Gasteiger partial charge is 0.149 e. The first-order valence-electron chi connectivity index (χ1n) is 13.2. The van der Waals surface area contributed by atoms with Crippen molar-refractivity contribution in [3.8, 4) is 22.3 Å². The molecule has 0 aliphatic heterocycles. The van der Waals surface area contributed by atoms with E-state index in [1.165, 1.54) is 0 Å². The molecule has 0 aliphatic rings. The van der Waals surface area contributed by atoms with E-state index in [1.807, 2.05) is 36.4 Å². The average Bonchev–Trinajstić information content (AvgIpc) is 3.69. The number of benzene rings is 6. The average molecular weight is 626 g/mol. The molecule has 0 saturated carbocycles. The zero-order valence-corrected chi connectivity index (χ0v) is 23.2. The fraction of sp³-hybridized carbons (Fsp3) is 0. The summed E-state index contributed by atoms with van der Waals surface area (Å²) in [6, 6.07) is 39.9. The number of rotatable bonds is 2. The van der Waals surface area contributed by atoms with Crippen LogP contribution in [0.2, 0.25) is 0 Å². The van der Waals surface area contributed by atoms with Crippen LogP contribution in [0, 0.1) is 3.57 Å². The Morgan fingerprint density at radius 2 is 0.825 bits per heavy atom. The second-order valence-corrected chi connectivity index (χ2v) is 11.3. The van der Waals surface area contributed by atoms with Crippen molar-refractivity contribution in [1.82, 2.24) is 0 Å². The number of para-hydroxylation sites is 4. The molecule has 0 fully saturated rings. The van der Waals surface area contributed by atoms with Crippen molar-refractivity contribution in [2.75, 3.05) is 0 Å². The lowest BCUT2D eigenvalue weighted by atomic mass is 9.92. The molecule has 3 heterocycles. The quantitative estimate of drug-likeness (QED) is 0.179. The second-order valence-electron chi connectivity index (χ2n) is 10.1. The van der Waals surface area contributed by atoms with E-state index in [2.05, 4.69) is 101 Å². The third kappa shape index (κ3) is 2.99. The molecule has 3 aromatic heterocycles. The van der Waals surface area contributed by atoms with Gasteiger partial charge in [0.1, 0.15) is 33.5 Å². The van der Waals surface area contributed by atoms with Crippen LogP contribution in [0.5, 0.6) is 0 Å². The minimum atomic E-state index is 0.861. The molecule has 0 saturated heterocycles. The maximum atomic E-state index is 6.68. The van der Waals surface area contributed by atoms with Crippen LogP contribution in [-0.4, -0.2) is 0 Å². The predicted octanol–water partition coefficient (Wildman–Crippen LogP) is 11.3. The Balaban J connectivity index is 1.42. The van der Waals surface area contributed by atoms with Gasteiger partial charge in [-0.2, -0.15) is 0 Å². The van der Waals surface area contributed by atoms with Crippen LogP contribution in [0.1, 0.15) is 0 Å². The Morgan fingerprint density at radius 3 is 1.55 bits per heavy atom. The summed E-state index contributed by atoms with van der Waals surface area (Å²) in [5.41, 5.74) is 9.57. The van der Waals surface area contributed by atoms with Crippen molar-refractivity contribution >= 4 is 88.4 Å². The highest BCUT2D eigenvalue weighted by molar-refractivity contribution is 14.1. The van der Waals surface area contributed by atoms with Crippen molar-refractivity contribution < 1.29 is 13.3 Å². The highest BCUT2D eigenvalue weighted by Crippen LogP contribution is 2.47. The molecule has 0 spiro atoms. The number of fused-ring (bicyclic) bond motifs is 9. The van der Waals surface area contributed by atoms with Gasteiger partial charge in [0.05, 0.1) is 3.57 Å². The number of halogens is 1. The SMILES string of the molecule is Ic1ccc(-c2ccc(-c3cccc4c3oc3ccccc34)c3c2oc2ccccc23)c2c1oc1ccccc12. The minimum Gasteiger partial charge on any atom is -0.455 e. The second kappa shape index (κ2) is 8.23. The molecule has 0 radical (unpaired) electrons. The van der Waals surface area contributed by atoms with Gasteiger partial charge in [-0.15, -0.1) is 0 Å². The van der Waals surface area contributed by atoms with E-state index in [0.717, 1.165) is 91.6 Å². The number of furan rings is 3. The van der Waals surface area contributed by atoms with Gasteiger partial charge in [0.2, 0.25) is 0 Å². The fourth-order valence-corrected chi connectivity index (χ4v) is 6.80. The topological polar surface area (TPSA) is 39.4 Å². The number of hydrogen-bond acceptors (Lipinski definition) is 3. The molecule has 40 heavy (non-hydrogen) atoms. The van der Waals surface area contributed by atoms with E-state index in [1.54, 1.807) is 0 Å². The molecule has 0 N–H and O–H groups in total. The van der Waals surface area contributed by atoms with Crippen molar-refractivity contribution in [3.05, 3.63) is 119 Å². The van der Waals surface area contributed by atoms with Gasteiger partial charge in [-0.25, -0.2) is 0 Å². The lowest BCUT2D eigenvalue weighted by Crippen LogP contribution is -1.86. The Bertz CT molecular complexity index is 2450. The Hall–Kier alpha value is -4.55. The molecule has 6 aromatic carbocycles. The lowest BCUT2D eigenvalue weighted by Gasteiger charge is -2.10. The third-order valence-corrected chi connectivity index (χ3v) is 8.84. The van der Waals surface area contributed by atoms with Gasteiger partial charge in [0.15, 0.2) is 0 Å². The molecule has 0 bridgehead atoms. The van der Waals surface area contributed by atoms with Crippen LogP contribution in [0.4, 0.5) is 0 Å². The lowest BCUT2D eigenvalue weighted by molar-refractivity contribution is 0.666. The Labute approximate surface area is 241 Å². The first-order chi connectivity index (χ1) is 19.8. The molecule has 0 aliphatic carbocycles. The molecular weight excluding hydrogens is 607 g/mol. The maximum Gasteiger partial charge on any atom is 0.149 e. The van der Waals surface area contributed by atoms with Gasteiger partial charge in [-0.05, 0) is 64.0 Å². The summed E-state index contributed by atoms with van der Waals surface area (Å²) < 4.78 is 20.6. The van der Waals surface area contributed by atoms with Crippen molar-refractivity contribution in [1.29, 1.82) is 0 Å². The Morgan fingerprint density at radius 1 is 0.350 bits per heavy atom. The Kier molecular flexibility index (Phi) is 4.58. The summed E-state index contributed by atoms with van der Waals surface area (Å²) in [5.74, 6) is 0. The van der Waals surface area contributed by atoms with Crippen LogP contribution >= 0.6 is 22.6 Å². The van der Waals surface area contributed by atoms with Gasteiger partial charge >= 0.3 is 0 Å². The molecule has 0 amide bonds. The van der Waals surface area contributed by atoms with E-state index in [4.69, 9.17) is 13.3 Å². The summed E-state index contributed by atoms with van der Waals surface area (Å²) >= 11 is 2.36. The van der Waals surface area contributed by atoms with Crippen molar-refractivity contribution in [2.45, 2.75) is 0 Å². The minimum absolute atomic E-state index is 0.861. The van der Waals surface area contributed by atoms with Crippen LogP contribution in [0.15, 0.2) is 129 Å². The number of hydrogen-bond donors (Lipinski definition) is 0. The highest BCUT2D eigenvalue weighted by Gasteiger charge is 2.22. The van der Waals surface area contributed by atoms with Gasteiger partial charge in [0.25, 0.3) is 0 Å². The summed E-state index contributed by atoms with van der Waals surface area (Å²) in [6.07, 6.45) is 0. The van der Waals surface area contributed by atoms with E-state index in [9.17, 15) is 0 Å². The normalized spacial score (nSPS) is 12.1. The maximum absolute atomic E-state index is 6.68. The zero-order chi connectivity index (χ0) is 26.4. The third-order valence-electron chi connectivity index (χ3n) is 7.99. The van der Waals surface area contributed by atoms with Gasteiger partial charge in [-0.1, -0.05) is 84.9 Å². The highest BCUT2D eigenvalue weighted by atomic mass is 127. The zero-order valence-electron chi connectivity index (χ0n) is 21.1. The first-order valence-corrected chi connectivity index (χ1v) is 14.3. The largest absolute Gasteiger partial charge is 0.455 e. The van der Waals surface area contributed by atoms with Gasteiger partial charge in [-0.3, -0.25) is 0 Å².